The zero-order valence-electron chi connectivity index (χ0n) is 19.2. The molecule has 0 saturated heterocycles. The van der Waals surface area contributed by atoms with Crippen molar-refractivity contribution in [2.75, 3.05) is 6.61 Å². The Hall–Kier alpha value is -3.46. The van der Waals surface area contributed by atoms with Crippen LogP contribution in [0.15, 0.2) is 45.3 Å². The van der Waals surface area contributed by atoms with Crippen molar-refractivity contribution in [1.82, 2.24) is 14.3 Å². The maximum atomic E-state index is 13.6. The van der Waals surface area contributed by atoms with Crippen LogP contribution in [0.3, 0.4) is 0 Å². The van der Waals surface area contributed by atoms with Gasteiger partial charge < -0.3 is 9.84 Å². The van der Waals surface area contributed by atoms with E-state index in [-0.39, 0.29) is 17.9 Å². The summed E-state index contributed by atoms with van der Waals surface area (Å²) in [5, 5.41) is 14.3. The van der Waals surface area contributed by atoms with E-state index in [9.17, 15) is 14.7 Å². The van der Waals surface area contributed by atoms with Crippen LogP contribution in [0, 0.1) is 13.8 Å². The summed E-state index contributed by atoms with van der Waals surface area (Å²) in [5.41, 5.74) is 4.00. The minimum absolute atomic E-state index is 0.100. The molecule has 0 saturated carbocycles. The fourth-order valence-corrected chi connectivity index (χ4v) is 5.15. The van der Waals surface area contributed by atoms with Crippen molar-refractivity contribution < 1.29 is 14.6 Å². The molecule has 9 heteroatoms. The molecule has 4 rings (SSSR count). The first kappa shape index (κ1) is 22.7. The van der Waals surface area contributed by atoms with Gasteiger partial charge in [-0.15, -0.1) is 0 Å². The monoisotopic (exact) mass is 466 g/mol. The molecule has 3 aromatic rings. The maximum absolute atomic E-state index is 13.6. The topological polar surface area (TPSA) is 98.7 Å². The molecule has 33 heavy (non-hydrogen) atoms. The summed E-state index contributed by atoms with van der Waals surface area (Å²) < 4.78 is 9.25. The highest BCUT2D eigenvalue weighted by molar-refractivity contribution is 7.07. The molecule has 1 atom stereocenters. The van der Waals surface area contributed by atoms with Gasteiger partial charge in [-0.1, -0.05) is 23.5 Å². The van der Waals surface area contributed by atoms with Crippen molar-refractivity contribution >= 4 is 23.4 Å². The standard InChI is InChI=1S/C24H26N4O4S/c1-6-27-15(5)18(13(3)26-27)12-19-22(30)28-21(16-8-10-17(29)11-9-16)20(23(31)32-7-2)14(4)25-24(28)33-19/h8-12,21,29H,6-7H2,1-5H3/b19-12+. The second kappa shape index (κ2) is 8.82. The zero-order chi connectivity index (χ0) is 23.9. The van der Waals surface area contributed by atoms with Gasteiger partial charge in [0, 0.05) is 17.8 Å². The van der Waals surface area contributed by atoms with Gasteiger partial charge in [-0.05, 0) is 58.4 Å². The van der Waals surface area contributed by atoms with Gasteiger partial charge in [0.1, 0.15) is 5.75 Å². The van der Waals surface area contributed by atoms with Gasteiger partial charge in [-0.3, -0.25) is 14.0 Å². The molecular formula is C24H26N4O4S. The third kappa shape index (κ3) is 3.93. The summed E-state index contributed by atoms with van der Waals surface area (Å²) in [5.74, 6) is -0.412. The van der Waals surface area contributed by atoms with Crippen molar-refractivity contribution in [2.24, 2.45) is 4.99 Å². The number of ether oxygens (including phenoxy) is 1. The molecule has 1 N–H and O–H groups in total. The first-order valence-corrected chi connectivity index (χ1v) is 11.6. The second-order valence-electron chi connectivity index (χ2n) is 7.79. The predicted octanol–water partition coefficient (Wildman–Crippen LogP) is 2.34. The highest BCUT2D eigenvalue weighted by Gasteiger charge is 2.33. The Labute approximate surface area is 194 Å². The van der Waals surface area contributed by atoms with Crippen LogP contribution < -0.4 is 14.9 Å². The molecule has 0 aliphatic carbocycles. The van der Waals surface area contributed by atoms with Crippen molar-refractivity contribution in [3.8, 4) is 5.75 Å². The molecule has 172 valence electrons. The van der Waals surface area contributed by atoms with Gasteiger partial charge in [-0.25, -0.2) is 9.79 Å². The molecule has 0 amide bonds. The Morgan fingerprint density at radius 3 is 2.52 bits per heavy atom. The number of aromatic hydroxyl groups is 1. The Morgan fingerprint density at radius 2 is 1.91 bits per heavy atom. The van der Waals surface area contributed by atoms with Gasteiger partial charge in [0.15, 0.2) is 4.80 Å². The number of hydrogen-bond donors (Lipinski definition) is 1. The number of fused-ring (bicyclic) bond motifs is 1. The van der Waals surface area contributed by atoms with E-state index in [1.54, 1.807) is 26.0 Å². The molecular weight excluding hydrogens is 440 g/mol. The average Bonchev–Trinajstić information content (AvgIpc) is 3.23. The van der Waals surface area contributed by atoms with Crippen LogP contribution in [-0.2, 0) is 16.1 Å². The number of allylic oxidation sites excluding steroid dienone is 1. The summed E-state index contributed by atoms with van der Waals surface area (Å²) in [6.45, 7) is 10.4. The van der Waals surface area contributed by atoms with E-state index in [2.05, 4.69) is 10.1 Å². The van der Waals surface area contributed by atoms with Crippen LogP contribution in [0.4, 0.5) is 0 Å². The molecule has 0 bridgehead atoms. The summed E-state index contributed by atoms with van der Waals surface area (Å²) in [6.07, 6.45) is 1.85. The largest absolute Gasteiger partial charge is 0.508 e. The van der Waals surface area contributed by atoms with Gasteiger partial charge >= 0.3 is 5.97 Å². The van der Waals surface area contributed by atoms with Crippen molar-refractivity contribution in [1.29, 1.82) is 0 Å². The summed E-state index contributed by atoms with van der Waals surface area (Å²) >= 11 is 1.28. The van der Waals surface area contributed by atoms with Gasteiger partial charge in [0.2, 0.25) is 0 Å². The Morgan fingerprint density at radius 1 is 1.21 bits per heavy atom. The quantitative estimate of drug-likeness (QED) is 0.582. The third-order valence-electron chi connectivity index (χ3n) is 5.74. The van der Waals surface area contributed by atoms with Crippen molar-refractivity contribution in [2.45, 2.75) is 47.2 Å². The number of rotatable bonds is 5. The van der Waals surface area contributed by atoms with E-state index < -0.39 is 12.0 Å². The molecule has 8 nitrogen and oxygen atoms in total. The zero-order valence-corrected chi connectivity index (χ0v) is 20.1. The van der Waals surface area contributed by atoms with E-state index in [1.807, 2.05) is 31.5 Å². The summed E-state index contributed by atoms with van der Waals surface area (Å²) in [4.78, 5) is 31.6. The number of carbonyl (C=O) groups is 1. The van der Waals surface area contributed by atoms with Gasteiger partial charge in [-0.2, -0.15) is 5.10 Å². The van der Waals surface area contributed by atoms with Gasteiger partial charge in [0.25, 0.3) is 5.56 Å². The summed E-state index contributed by atoms with van der Waals surface area (Å²) in [6, 6.07) is 5.77. The number of phenols is 1. The molecule has 1 aliphatic heterocycles. The molecule has 1 unspecified atom stereocenters. The molecule has 1 aliphatic rings. The lowest BCUT2D eigenvalue weighted by atomic mass is 9.96. The van der Waals surface area contributed by atoms with E-state index >= 15 is 0 Å². The highest BCUT2D eigenvalue weighted by atomic mass is 32.1. The van der Waals surface area contributed by atoms with Crippen LogP contribution in [0.1, 0.15) is 49.3 Å². The normalized spacial score (nSPS) is 16.0. The minimum atomic E-state index is -0.705. The fourth-order valence-electron chi connectivity index (χ4n) is 4.12. The lowest BCUT2D eigenvalue weighted by Crippen LogP contribution is -2.39. The number of phenolic OH excluding ortho intramolecular Hbond substituents is 1. The van der Waals surface area contributed by atoms with Crippen LogP contribution in [0.2, 0.25) is 0 Å². The maximum Gasteiger partial charge on any atom is 0.338 e. The van der Waals surface area contributed by atoms with Crippen molar-refractivity contribution in [3.63, 3.8) is 0 Å². The molecule has 3 heterocycles. The van der Waals surface area contributed by atoms with Gasteiger partial charge in [0.05, 0.1) is 34.1 Å². The minimum Gasteiger partial charge on any atom is -0.508 e. The lowest BCUT2D eigenvalue weighted by molar-refractivity contribution is -0.139. The number of esters is 1. The molecule has 0 radical (unpaired) electrons. The van der Waals surface area contributed by atoms with Crippen LogP contribution in [-0.4, -0.2) is 32.0 Å². The molecule has 1 aromatic carbocycles. The number of aryl methyl sites for hydroxylation is 2. The van der Waals surface area contributed by atoms with Crippen LogP contribution in [0.5, 0.6) is 5.75 Å². The van der Waals surface area contributed by atoms with E-state index in [4.69, 9.17) is 4.74 Å². The first-order valence-electron chi connectivity index (χ1n) is 10.8. The summed E-state index contributed by atoms with van der Waals surface area (Å²) in [7, 11) is 0. The van der Waals surface area contributed by atoms with Crippen LogP contribution in [0.25, 0.3) is 6.08 Å². The lowest BCUT2D eigenvalue weighted by Gasteiger charge is -2.24. The number of aromatic nitrogens is 3. The van der Waals surface area contributed by atoms with Crippen LogP contribution >= 0.6 is 11.3 Å². The highest BCUT2D eigenvalue weighted by Crippen LogP contribution is 2.31. The van der Waals surface area contributed by atoms with E-state index in [0.717, 1.165) is 23.5 Å². The fraction of sp³-hybridized carbons (Fsp3) is 0.333. The first-order chi connectivity index (χ1) is 15.8. The Kier molecular flexibility index (Phi) is 6.07. The van der Waals surface area contributed by atoms with E-state index in [1.165, 1.54) is 28.0 Å². The van der Waals surface area contributed by atoms with E-state index in [0.29, 0.717) is 26.2 Å². The number of benzene rings is 1. The van der Waals surface area contributed by atoms with Crippen molar-refractivity contribution in [3.05, 3.63) is 77.7 Å². The SMILES string of the molecule is CCOC(=O)C1=C(C)N=c2s/c(=C/c3c(C)nn(CC)c3C)c(=O)n2C1c1ccc(O)cc1. The predicted molar refractivity (Wildman–Crippen MR) is 126 cm³/mol. The number of hydrogen-bond acceptors (Lipinski definition) is 7. The smallest absolute Gasteiger partial charge is 0.338 e. The number of nitrogens with zero attached hydrogens (tertiary/aromatic N) is 4. The molecule has 0 fully saturated rings. The molecule has 0 spiro atoms. The average molecular weight is 467 g/mol. The Bertz CT molecular complexity index is 1440. The second-order valence-corrected chi connectivity index (χ2v) is 8.80. The Balaban J connectivity index is 1.97. The number of thiazole rings is 1. The molecule has 2 aromatic heterocycles. The number of carbonyl (C=O) groups excluding carboxylic acids is 1. The third-order valence-corrected chi connectivity index (χ3v) is 6.72.